The van der Waals surface area contributed by atoms with Gasteiger partial charge in [0.05, 0.1) is 23.7 Å². The first kappa shape index (κ1) is 9.95. The van der Waals surface area contributed by atoms with Crippen LogP contribution in [0.15, 0.2) is 18.2 Å². The standard InChI is InChI=1S/C12H6N2O2/c13-7-2-1-4-8-5-3-6-9-10(8)11(15)12(16)14-9/h3,5-6H,2H2,(H,14,15,16). The Balaban J connectivity index is 2.49. The third-order valence-corrected chi connectivity index (χ3v) is 2.14. The Kier molecular flexibility index (Phi) is 2.41. The Hall–Kier alpha value is -2.59. The molecule has 1 amide bonds. The summed E-state index contributed by atoms with van der Waals surface area (Å²) in [6.45, 7) is 0. The molecule has 0 bridgehead atoms. The zero-order valence-electron chi connectivity index (χ0n) is 8.20. The second-order valence-corrected chi connectivity index (χ2v) is 3.15. The lowest BCUT2D eigenvalue weighted by Gasteiger charge is -1.97. The van der Waals surface area contributed by atoms with E-state index in [0.29, 0.717) is 16.8 Å². The van der Waals surface area contributed by atoms with Crippen LogP contribution in [0.5, 0.6) is 0 Å². The van der Waals surface area contributed by atoms with Crippen LogP contribution >= 0.6 is 0 Å². The van der Waals surface area contributed by atoms with Gasteiger partial charge in [0.1, 0.15) is 0 Å². The van der Waals surface area contributed by atoms with Crippen molar-refractivity contribution in [2.45, 2.75) is 6.42 Å². The number of carbonyl (C=O) groups is 2. The minimum atomic E-state index is -0.635. The summed E-state index contributed by atoms with van der Waals surface area (Å²) < 4.78 is 0. The van der Waals surface area contributed by atoms with Crippen LogP contribution in [-0.4, -0.2) is 11.7 Å². The number of nitriles is 1. The highest BCUT2D eigenvalue weighted by Crippen LogP contribution is 2.25. The van der Waals surface area contributed by atoms with Gasteiger partial charge in [0.15, 0.2) is 0 Å². The number of nitrogens with one attached hydrogen (secondary N) is 1. The van der Waals surface area contributed by atoms with E-state index in [1.807, 2.05) is 6.07 Å². The van der Waals surface area contributed by atoms with Crippen LogP contribution in [-0.2, 0) is 4.79 Å². The SMILES string of the molecule is N#CCC#Cc1cccc2c1C(=O)C(=O)N2. The first-order valence-electron chi connectivity index (χ1n) is 4.58. The maximum atomic E-state index is 11.5. The third-order valence-electron chi connectivity index (χ3n) is 2.14. The van der Waals surface area contributed by atoms with Crippen molar-refractivity contribution in [2.75, 3.05) is 5.32 Å². The smallest absolute Gasteiger partial charge is 0.296 e. The summed E-state index contributed by atoms with van der Waals surface area (Å²) in [5.41, 5.74) is 1.27. The average Bonchev–Trinajstić information content (AvgIpc) is 2.56. The largest absolute Gasteiger partial charge is 0.318 e. The number of hydrogen-bond acceptors (Lipinski definition) is 3. The van der Waals surface area contributed by atoms with Crippen molar-refractivity contribution in [1.82, 2.24) is 0 Å². The number of fused-ring (bicyclic) bond motifs is 1. The van der Waals surface area contributed by atoms with Gasteiger partial charge in [-0.25, -0.2) is 0 Å². The molecule has 4 nitrogen and oxygen atoms in total. The molecule has 0 atom stereocenters. The van der Waals surface area contributed by atoms with Crippen molar-refractivity contribution in [1.29, 1.82) is 5.26 Å². The fraction of sp³-hybridized carbons (Fsp3) is 0.0833. The number of amides is 1. The lowest BCUT2D eigenvalue weighted by Crippen LogP contribution is -2.12. The molecule has 1 aromatic carbocycles. The minimum Gasteiger partial charge on any atom is -0.318 e. The summed E-state index contributed by atoms with van der Waals surface area (Å²) in [5.74, 6) is 4.12. The lowest BCUT2D eigenvalue weighted by atomic mass is 10.0. The molecule has 0 spiro atoms. The first-order chi connectivity index (χ1) is 7.74. The lowest BCUT2D eigenvalue weighted by molar-refractivity contribution is -0.112. The number of ketones is 1. The maximum Gasteiger partial charge on any atom is 0.296 e. The molecule has 1 N–H and O–H groups in total. The van der Waals surface area contributed by atoms with Crippen molar-refractivity contribution >= 4 is 17.4 Å². The van der Waals surface area contributed by atoms with Crippen LogP contribution in [0.1, 0.15) is 22.3 Å². The van der Waals surface area contributed by atoms with Crippen molar-refractivity contribution in [3.63, 3.8) is 0 Å². The van der Waals surface area contributed by atoms with E-state index in [1.165, 1.54) is 0 Å². The fourth-order valence-corrected chi connectivity index (χ4v) is 1.48. The number of hydrogen-bond donors (Lipinski definition) is 1. The molecule has 1 aliphatic rings. The highest BCUT2D eigenvalue weighted by atomic mass is 16.2. The predicted octanol–water partition coefficient (Wildman–Crippen LogP) is 1.09. The van der Waals surface area contributed by atoms with E-state index in [0.717, 1.165) is 0 Å². The summed E-state index contributed by atoms with van der Waals surface area (Å²) in [6.07, 6.45) is 0.0965. The molecule has 0 saturated heterocycles. The van der Waals surface area contributed by atoms with Gasteiger partial charge in [-0.3, -0.25) is 9.59 Å². The summed E-state index contributed by atoms with van der Waals surface area (Å²) in [6, 6.07) is 6.89. The third kappa shape index (κ3) is 1.53. The summed E-state index contributed by atoms with van der Waals surface area (Å²) >= 11 is 0. The topological polar surface area (TPSA) is 70.0 Å². The second-order valence-electron chi connectivity index (χ2n) is 3.15. The van der Waals surface area contributed by atoms with Gasteiger partial charge in [0, 0.05) is 5.56 Å². The molecule has 0 saturated carbocycles. The molecule has 1 aliphatic heterocycles. The summed E-state index contributed by atoms with van der Waals surface area (Å²) in [5, 5.41) is 10.8. The molecule has 0 radical (unpaired) electrons. The van der Waals surface area contributed by atoms with Crippen molar-refractivity contribution < 1.29 is 9.59 Å². The molecule has 76 valence electrons. The van der Waals surface area contributed by atoms with Crippen LogP contribution in [0.4, 0.5) is 5.69 Å². The molecule has 0 unspecified atom stereocenters. The average molecular weight is 210 g/mol. The Labute approximate surface area is 91.9 Å². The van der Waals surface area contributed by atoms with Gasteiger partial charge in [0.25, 0.3) is 11.7 Å². The Morgan fingerprint density at radius 1 is 1.31 bits per heavy atom. The predicted molar refractivity (Wildman–Crippen MR) is 56.5 cm³/mol. The van der Waals surface area contributed by atoms with E-state index in [1.54, 1.807) is 18.2 Å². The van der Waals surface area contributed by atoms with Gasteiger partial charge in [-0.15, -0.1) is 0 Å². The zero-order valence-corrected chi connectivity index (χ0v) is 8.20. The summed E-state index contributed by atoms with van der Waals surface area (Å²) in [7, 11) is 0. The maximum absolute atomic E-state index is 11.5. The van der Waals surface area contributed by atoms with Crippen LogP contribution in [0.3, 0.4) is 0 Å². The van der Waals surface area contributed by atoms with Gasteiger partial charge in [0.2, 0.25) is 0 Å². The number of Topliss-reactive ketones (excluding diaryl/α,β-unsaturated/α-hetero) is 1. The van der Waals surface area contributed by atoms with Crippen molar-refractivity contribution in [3.8, 4) is 17.9 Å². The molecule has 0 aromatic heterocycles. The van der Waals surface area contributed by atoms with Gasteiger partial charge in [-0.05, 0) is 12.1 Å². The van der Waals surface area contributed by atoms with E-state index in [4.69, 9.17) is 5.26 Å². The number of carbonyl (C=O) groups excluding carboxylic acids is 2. The quantitative estimate of drug-likeness (QED) is 0.514. The number of benzene rings is 1. The number of rotatable bonds is 0. The zero-order chi connectivity index (χ0) is 11.5. The first-order valence-corrected chi connectivity index (χ1v) is 4.58. The molecular weight excluding hydrogens is 204 g/mol. The number of nitrogens with zero attached hydrogens (tertiary/aromatic N) is 1. The van der Waals surface area contributed by atoms with Crippen molar-refractivity contribution in [2.24, 2.45) is 0 Å². The van der Waals surface area contributed by atoms with Crippen LogP contribution in [0.2, 0.25) is 0 Å². The normalized spacial score (nSPS) is 12.2. The van der Waals surface area contributed by atoms with E-state index in [9.17, 15) is 9.59 Å². The number of anilines is 1. The molecule has 2 rings (SSSR count). The Morgan fingerprint density at radius 3 is 2.88 bits per heavy atom. The van der Waals surface area contributed by atoms with Gasteiger partial charge >= 0.3 is 0 Å². The van der Waals surface area contributed by atoms with Gasteiger partial charge in [-0.2, -0.15) is 5.26 Å². The summed E-state index contributed by atoms with van der Waals surface area (Å²) in [4.78, 5) is 22.7. The van der Waals surface area contributed by atoms with Crippen LogP contribution in [0.25, 0.3) is 0 Å². The van der Waals surface area contributed by atoms with Gasteiger partial charge in [-0.1, -0.05) is 17.9 Å². The molecule has 16 heavy (non-hydrogen) atoms. The van der Waals surface area contributed by atoms with Gasteiger partial charge < -0.3 is 5.32 Å². The minimum absolute atomic E-state index is 0.0965. The molecule has 1 aromatic rings. The molecule has 0 aliphatic carbocycles. The highest BCUT2D eigenvalue weighted by molar-refractivity contribution is 6.52. The molecular formula is C12H6N2O2. The second kappa shape index (κ2) is 3.88. The van der Waals surface area contributed by atoms with E-state index in [2.05, 4.69) is 17.2 Å². The van der Waals surface area contributed by atoms with Crippen LogP contribution < -0.4 is 5.32 Å². The van der Waals surface area contributed by atoms with Crippen LogP contribution in [0, 0.1) is 23.2 Å². The molecule has 0 fully saturated rings. The van der Waals surface area contributed by atoms with E-state index in [-0.39, 0.29) is 6.42 Å². The van der Waals surface area contributed by atoms with E-state index < -0.39 is 11.7 Å². The monoisotopic (exact) mass is 210 g/mol. The Morgan fingerprint density at radius 2 is 2.12 bits per heavy atom. The van der Waals surface area contributed by atoms with Crippen molar-refractivity contribution in [3.05, 3.63) is 29.3 Å². The van der Waals surface area contributed by atoms with E-state index >= 15 is 0 Å². The highest BCUT2D eigenvalue weighted by Gasteiger charge is 2.29. The molecule has 4 heteroatoms. The molecule has 1 heterocycles. The fourth-order valence-electron chi connectivity index (χ4n) is 1.48. The Bertz CT molecular complexity index is 585.